The minimum absolute atomic E-state index is 0.244. The number of nitrogens with one attached hydrogen (secondary N) is 1. The summed E-state index contributed by atoms with van der Waals surface area (Å²) in [6.07, 6.45) is 0. The van der Waals surface area contributed by atoms with E-state index in [0.29, 0.717) is 11.5 Å². The lowest BCUT2D eigenvalue weighted by atomic mass is 10.2. The zero-order valence-electron chi connectivity index (χ0n) is 15.2. The van der Waals surface area contributed by atoms with Crippen LogP contribution in [0.5, 0.6) is 5.75 Å². The van der Waals surface area contributed by atoms with Crippen molar-refractivity contribution < 1.29 is 13.2 Å². The Morgan fingerprint density at radius 3 is 2.32 bits per heavy atom. The van der Waals surface area contributed by atoms with Crippen molar-refractivity contribution >= 4 is 10.0 Å². The molecule has 2 aromatic carbocycles. The Morgan fingerprint density at radius 2 is 1.72 bits per heavy atom. The molecule has 6 heteroatoms. The van der Waals surface area contributed by atoms with E-state index >= 15 is 0 Å². The van der Waals surface area contributed by atoms with Crippen molar-refractivity contribution in [1.29, 1.82) is 0 Å². The minimum Gasteiger partial charge on any atom is -0.492 e. The van der Waals surface area contributed by atoms with Crippen molar-refractivity contribution in [3.8, 4) is 5.75 Å². The van der Waals surface area contributed by atoms with Gasteiger partial charge in [-0.3, -0.25) is 0 Å². The second-order valence-electron chi connectivity index (χ2n) is 6.39. The summed E-state index contributed by atoms with van der Waals surface area (Å²) >= 11 is 0. The summed E-state index contributed by atoms with van der Waals surface area (Å²) < 4.78 is 33.2. The van der Waals surface area contributed by atoms with Gasteiger partial charge in [0.2, 0.25) is 10.0 Å². The zero-order valence-corrected chi connectivity index (χ0v) is 16.1. The van der Waals surface area contributed by atoms with Gasteiger partial charge in [0.05, 0.1) is 4.90 Å². The van der Waals surface area contributed by atoms with Crippen LogP contribution in [0.15, 0.2) is 47.4 Å². The number of benzene rings is 2. The van der Waals surface area contributed by atoms with Crippen LogP contribution in [-0.2, 0) is 16.6 Å². The Bertz CT molecular complexity index is 800. The number of ether oxygens (including phenoxy) is 1. The van der Waals surface area contributed by atoms with Gasteiger partial charge >= 0.3 is 0 Å². The SMILES string of the molecule is Cc1ccc(S(=O)(=O)NCc2ccc(OCCN(C)C)cc2)c(C)c1. The van der Waals surface area contributed by atoms with Crippen LogP contribution in [0.1, 0.15) is 16.7 Å². The summed E-state index contributed by atoms with van der Waals surface area (Å²) in [5.41, 5.74) is 2.67. The Kier molecular flexibility index (Phi) is 6.58. The molecule has 0 heterocycles. The fourth-order valence-corrected chi connectivity index (χ4v) is 3.65. The number of likely N-dealkylation sites (N-methyl/N-ethyl adjacent to an activating group) is 1. The molecule has 5 nitrogen and oxygen atoms in total. The molecule has 1 N–H and O–H groups in total. The molecule has 2 aromatic rings. The van der Waals surface area contributed by atoms with Crippen LogP contribution in [0.2, 0.25) is 0 Å². The molecule has 0 unspecified atom stereocenters. The number of nitrogens with zero attached hydrogens (tertiary/aromatic N) is 1. The molecule has 2 rings (SSSR count). The van der Waals surface area contributed by atoms with Crippen molar-refractivity contribution in [3.05, 3.63) is 59.2 Å². The van der Waals surface area contributed by atoms with Gasteiger partial charge in [0.15, 0.2) is 0 Å². The van der Waals surface area contributed by atoms with Crippen molar-refractivity contribution in [2.75, 3.05) is 27.2 Å². The predicted molar refractivity (Wildman–Crippen MR) is 100 cm³/mol. The second kappa shape index (κ2) is 8.47. The number of hydrogen-bond acceptors (Lipinski definition) is 4. The minimum atomic E-state index is -3.53. The van der Waals surface area contributed by atoms with E-state index in [2.05, 4.69) is 9.62 Å². The third kappa shape index (κ3) is 5.85. The fourth-order valence-electron chi connectivity index (χ4n) is 2.41. The monoisotopic (exact) mass is 362 g/mol. The van der Waals surface area contributed by atoms with E-state index in [4.69, 9.17) is 4.74 Å². The topological polar surface area (TPSA) is 58.6 Å². The maximum absolute atomic E-state index is 12.5. The van der Waals surface area contributed by atoms with Gasteiger partial charge in [0, 0.05) is 13.1 Å². The Hall–Kier alpha value is -1.89. The average Bonchev–Trinajstić information content (AvgIpc) is 2.53. The van der Waals surface area contributed by atoms with E-state index in [9.17, 15) is 8.42 Å². The first-order valence-electron chi connectivity index (χ1n) is 8.21. The van der Waals surface area contributed by atoms with Gasteiger partial charge in [-0.2, -0.15) is 0 Å². The Labute approximate surface area is 150 Å². The van der Waals surface area contributed by atoms with Crippen molar-refractivity contribution in [3.63, 3.8) is 0 Å². The molecule has 0 spiro atoms. The lowest BCUT2D eigenvalue weighted by Gasteiger charge is -2.12. The highest BCUT2D eigenvalue weighted by Crippen LogP contribution is 2.17. The molecule has 0 saturated carbocycles. The van der Waals surface area contributed by atoms with Crippen LogP contribution in [-0.4, -0.2) is 40.6 Å². The van der Waals surface area contributed by atoms with E-state index in [1.807, 2.05) is 51.4 Å². The van der Waals surface area contributed by atoms with Gasteiger partial charge in [-0.25, -0.2) is 13.1 Å². The molecular weight excluding hydrogens is 336 g/mol. The second-order valence-corrected chi connectivity index (χ2v) is 8.12. The van der Waals surface area contributed by atoms with Crippen LogP contribution >= 0.6 is 0 Å². The summed E-state index contributed by atoms with van der Waals surface area (Å²) in [7, 11) is 0.462. The summed E-state index contributed by atoms with van der Waals surface area (Å²) in [6, 6.07) is 12.8. The maximum Gasteiger partial charge on any atom is 0.241 e. The molecular formula is C19H26N2O3S. The summed E-state index contributed by atoms with van der Waals surface area (Å²) in [5, 5.41) is 0. The first kappa shape index (κ1) is 19.4. The third-order valence-electron chi connectivity index (χ3n) is 3.82. The quantitative estimate of drug-likeness (QED) is 0.784. The highest BCUT2D eigenvalue weighted by atomic mass is 32.2. The molecule has 0 aliphatic rings. The van der Waals surface area contributed by atoms with Gasteiger partial charge in [0.25, 0.3) is 0 Å². The molecule has 136 valence electrons. The molecule has 0 bridgehead atoms. The summed E-state index contributed by atoms with van der Waals surface area (Å²) in [5.74, 6) is 0.780. The van der Waals surface area contributed by atoms with Crippen molar-refractivity contribution in [2.45, 2.75) is 25.3 Å². The number of hydrogen-bond donors (Lipinski definition) is 1. The van der Waals surface area contributed by atoms with E-state index < -0.39 is 10.0 Å². The predicted octanol–water partition coefficient (Wildman–Crippen LogP) is 2.72. The standard InChI is InChI=1S/C19H26N2O3S/c1-15-5-10-19(16(2)13-15)25(22,23)20-14-17-6-8-18(9-7-17)24-12-11-21(3)4/h5-10,13,20H,11-12,14H2,1-4H3. The molecule has 25 heavy (non-hydrogen) atoms. The Balaban J connectivity index is 1.96. The molecule has 0 saturated heterocycles. The highest BCUT2D eigenvalue weighted by Gasteiger charge is 2.16. The maximum atomic E-state index is 12.5. The van der Waals surface area contributed by atoms with E-state index in [0.717, 1.165) is 29.0 Å². The van der Waals surface area contributed by atoms with Crippen LogP contribution in [0.3, 0.4) is 0 Å². The van der Waals surface area contributed by atoms with Gasteiger partial charge in [-0.1, -0.05) is 29.8 Å². The first-order valence-corrected chi connectivity index (χ1v) is 9.69. The van der Waals surface area contributed by atoms with E-state index in [1.54, 1.807) is 19.1 Å². The number of sulfonamides is 1. The number of rotatable bonds is 8. The van der Waals surface area contributed by atoms with Gasteiger partial charge in [-0.15, -0.1) is 0 Å². The van der Waals surface area contributed by atoms with Crippen molar-refractivity contribution in [2.24, 2.45) is 0 Å². The highest BCUT2D eigenvalue weighted by molar-refractivity contribution is 7.89. The number of aryl methyl sites for hydroxylation is 2. The molecule has 0 fully saturated rings. The largest absolute Gasteiger partial charge is 0.492 e. The van der Waals surface area contributed by atoms with Crippen LogP contribution in [0, 0.1) is 13.8 Å². The molecule has 0 aliphatic heterocycles. The van der Waals surface area contributed by atoms with E-state index in [-0.39, 0.29) is 6.54 Å². The Morgan fingerprint density at radius 1 is 1.04 bits per heavy atom. The van der Waals surface area contributed by atoms with Crippen molar-refractivity contribution in [1.82, 2.24) is 9.62 Å². The lowest BCUT2D eigenvalue weighted by Crippen LogP contribution is -2.24. The summed E-state index contributed by atoms with van der Waals surface area (Å²) in [4.78, 5) is 2.37. The molecule has 0 aromatic heterocycles. The molecule has 0 amide bonds. The first-order chi connectivity index (χ1) is 11.8. The fraction of sp³-hybridized carbons (Fsp3) is 0.368. The van der Waals surface area contributed by atoms with Gasteiger partial charge in [-0.05, 0) is 57.3 Å². The average molecular weight is 362 g/mol. The third-order valence-corrected chi connectivity index (χ3v) is 5.38. The van der Waals surface area contributed by atoms with Crippen LogP contribution in [0.25, 0.3) is 0 Å². The van der Waals surface area contributed by atoms with Gasteiger partial charge < -0.3 is 9.64 Å². The van der Waals surface area contributed by atoms with Gasteiger partial charge in [0.1, 0.15) is 12.4 Å². The molecule has 0 radical (unpaired) electrons. The normalized spacial score (nSPS) is 11.7. The smallest absolute Gasteiger partial charge is 0.241 e. The molecule has 0 aliphatic carbocycles. The van der Waals surface area contributed by atoms with Crippen LogP contribution in [0.4, 0.5) is 0 Å². The zero-order chi connectivity index (χ0) is 18.4. The van der Waals surface area contributed by atoms with Crippen LogP contribution < -0.4 is 9.46 Å². The van der Waals surface area contributed by atoms with E-state index in [1.165, 1.54) is 0 Å². The lowest BCUT2D eigenvalue weighted by molar-refractivity contribution is 0.261. The molecule has 0 atom stereocenters. The summed E-state index contributed by atoms with van der Waals surface area (Å²) in [6.45, 7) is 5.46.